The van der Waals surface area contributed by atoms with E-state index in [1.807, 2.05) is 42.5 Å². The van der Waals surface area contributed by atoms with Gasteiger partial charge in [-0.25, -0.2) is 14.4 Å². The molecular weight excluding hydrogens is 955 g/mol. The van der Waals surface area contributed by atoms with E-state index in [4.69, 9.17) is 5.11 Å². The van der Waals surface area contributed by atoms with Crippen molar-refractivity contribution < 1.29 is 73.8 Å². The van der Waals surface area contributed by atoms with Crippen LogP contribution in [0.1, 0.15) is 63.4 Å². The molecule has 1 aliphatic heterocycles. The number of nitrogens with one attached hydrogen (secondary N) is 5. The summed E-state index contributed by atoms with van der Waals surface area (Å²) in [6.07, 6.45) is 2.59. The fraction of sp³-hybridized carbons (Fsp3) is 0.612. The number of hydrogen-bond donors (Lipinski definition) is 11. The number of amides is 4. The number of hydrogen-bond acceptors (Lipinski definition) is 14. The lowest BCUT2D eigenvalue weighted by molar-refractivity contribution is -0.141. The van der Waals surface area contributed by atoms with Gasteiger partial charge >= 0.3 is 41.8 Å². The molecule has 0 spiro atoms. The van der Waals surface area contributed by atoms with Crippen molar-refractivity contribution in [2.45, 2.75) is 82.3 Å². The highest BCUT2D eigenvalue weighted by Gasteiger charge is 2.31. The molecule has 0 unspecified atom stereocenters. The van der Waals surface area contributed by atoms with Gasteiger partial charge in [-0.2, -0.15) is 0 Å². The van der Waals surface area contributed by atoms with E-state index in [1.54, 1.807) is 14.7 Å². The number of unbranched alkanes of at least 4 members (excludes halogenated alkanes) is 1. The van der Waals surface area contributed by atoms with E-state index < -0.39 is 78.7 Å². The lowest BCUT2D eigenvalue weighted by atomic mass is 9.81. The van der Waals surface area contributed by atoms with Crippen molar-refractivity contribution in [3.05, 3.63) is 48.0 Å². The maximum absolute atomic E-state index is 13.8. The van der Waals surface area contributed by atoms with Gasteiger partial charge in [0.1, 0.15) is 18.1 Å². The molecule has 0 radical (unpaired) electrons. The van der Waals surface area contributed by atoms with Gasteiger partial charge in [-0.1, -0.05) is 42.5 Å². The minimum Gasteiger partial charge on any atom is -0.481 e. The van der Waals surface area contributed by atoms with Crippen LogP contribution in [0.2, 0.25) is 0 Å². The van der Waals surface area contributed by atoms with Crippen LogP contribution in [0.4, 0.5) is 4.79 Å². The molecular formula is C49H73N9O15. The molecule has 73 heavy (non-hydrogen) atoms. The molecule has 0 bridgehead atoms. The SMILES string of the molecule is O=C(O)CC[C@H](NC(=O)N[C@@H](CCCCNC(=O)[C@H](Cc1ccc2ccccc2c1)NC(=O)C1CCC(CNCCN2CCN(CC(=O)O)CCN(CC(=O)O)CCN(CC(=O)O)CC2)CC1)C(=O)O)C(=O)O. The molecule has 404 valence electrons. The zero-order valence-electron chi connectivity index (χ0n) is 41.3. The minimum atomic E-state index is -1.54. The quantitative estimate of drug-likeness (QED) is 0.0503. The fourth-order valence-electron chi connectivity index (χ4n) is 9.07. The molecule has 1 aliphatic carbocycles. The Morgan fingerprint density at radius 3 is 1.59 bits per heavy atom. The molecule has 11 N–H and O–H groups in total. The van der Waals surface area contributed by atoms with Crippen LogP contribution in [0.15, 0.2) is 42.5 Å². The van der Waals surface area contributed by atoms with Crippen LogP contribution in [0.5, 0.6) is 0 Å². The van der Waals surface area contributed by atoms with Crippen molar-refractivity contribution in [2.75, 3.05) is 98.2 Å². The second-order valence-corrected chi connectivity index (χ2v) is 18.8. The normalized spacial score (nSPS) is 19.0. The molecule has 24 nitrogen and oxygen atoms in total. The van der Waals surface area contributed by atoms with Gasteiger partial charge in [0.25, 0.3) is 0 Å². The van der Waals surface area contributed by atoms with Gasteiger partial charge in [0.05, 0.1) is 19.6 Å². The standard InChI is InChI=1S/C49H73N9O15/c59-41(60)15-14-39(48(71)72)54-49(73)53-38(47(69)70)7-3-4-16-51-46(68)40(28-34-10-11-35-5-1-2-6-37(35)27-34)52-45(67)36-12-8-33(9-13-36)29-50-17-18-55-19-21-56(30-42(61)62)23-25-58(32-44(65)66)26-24-57(22-20-55)31-43(63)64/h1-2,5-6,10-11,27,33,36,38-40,50H,3-4,7-9,12-26,28-32H2,(H,51,68)(H,52,67)(H,59,60)(H,61,62)(H,63,64)(H,65,66)(H,69,70)(H,71,72)(H2,53,54,73)/t33?,36?,38-,39-,40-/m0/s1. The van der Waals surface area contributed by atoms with Crippen molar-refractivity contribution >= 4 is 64.4 Å². The minimum absolute atomic E-state index is 0.0531. The third-order valence-corrected chi connectivity index (χ3v) is 13.2. The first-order valence-corrected chi connectivity index (χ1v) is 24.9. The zero-order chi connectivity index (χ0) is 53.3. The zero-order valence-corrected chi connectivity index (χ0v) is 41.3. The highest BCUT2D eigenvalue weighted by atomic mass is 16.4. The maximum Gasteiger partial charge on any atom is 0.326 e. The molecule has 24 heteroatoms. The van der Waals surface area contributed by atoms with Crippen LogP contribution < -0.4 is 26.6 Å². The van der Waals surface area contributed by atoms with Crippen molar-refractivity contribution in [1.82, 2.24) is 46.2 Å². The number of benzene rings is 2. The summed E-state index contributed by atoms with van der Waals surface area (Å²) >= 11 is 0. The van der Waals surface area contributed by atoms with Gasteiger partial charge in [-0.05, 0) is 80.2 Å². The van der Waals surface area contributed by atoms with Crippen molar-refractivity contribution in [3.8, 4) is 0 Å². The summed E-state index contributed by atoms with van der Waals surface area (Å²) in [5.74, 6) is -7.74. The first kappa shape index (κ1) is 59.1. The lowest BCUT2D eigenvalue weighted by Crippen LogP contribution is -2.51. The van der Waals surface area contributed by atoms with E-state index >= 15 is 0 Å². The van der Waals surface area contributed by atoms with Gasteiger partial charge in [0.2, 0.25) is 11.8 Å². The first-order chi connectivity index (χ1) is 34.8. The van der Waals surface area contributed by atoms with E-state index in [-0.39, 0.29) is 57.3 Å². The topological polar surface area (TPSA) is 348 Å². The Bertz CT molecular complexity index is 2140. The van der Waals surface area contributed by atoms with Gasteiger partial charge < -0.3 is 57.2 Å². The number of urea groups is 1. The Morgan fingerprint density at radius 1 is 0.548 bits per heavy atom. The molecule has 2 fully saturated rings. The van der Waals surface area contributed by atoms with E-state index in [0.29, 0.717) is 97.2 Å². The summed E-state index contributed by atoms with van der Waals surface area (Å²) < 4.78 is 0. The van der Waals surface area contributed by atoms with Gasteiger partial charge in [0.15, 0.2) is 0 Å². The molecule has 2 aromatic rings. The number of carbonyl (C=O) groups excluding carboxylic acids is 3. The molecule has 2 aliphatic rings. The van der Waals surface area contributed by atoms with Gasteiger partial charge in [-0.15, -0.1) is 0 Å². The number of fused-ring (bicyclic) bond motifs is 1. The highest BCUT2D eigenvalue weighted by molar-refractivity contribution is 5.89. The molecule has 3 atom stereocenters. The summed E-state index contributed by atoms with van der Waals surface area (Å²) in [5, 5.41) is 72.1. The third kappa shape index (κ3) is 22.9. The Kier molecular flexibility index (Phi) is 25.3. The molecule has 2 aromatic carbocycles. The Morgan fingerprint density at radius 2 is 1.07 bits per heavy atom. The molecule has 1 heterocycles. The van der Waals surface area contributed by atoms with E-state index in [1.165, 1.54) is 0 Å². The smallest absolute Gasteiger partial charge is 0.326 e. The Hall–Kier alpha value is -6.47. The van der Waals surface area contributed by atoms with Crippen molar-refractivity contribution in [3.63, 3.8) is 0 Å². The number of rotatable bonds is 28. The van der Waals surface area contributed by atoms with Crippen LogP contribution in [0.3, 0.4) is 0 Å². The van der Waals surface area contributed by atoms with Gasteiger partial charge in [0, 0.05) is 90.8 Å². The summed E-state index contributed by atoms with van der Waals surface area (Å²) in [5.41, 5.74) is 0.836. The second kappa shape index (κ2) is 31.2. The maximum atomic E-state index is 13.8. The first-order valence-electron chi connectivity index (χ1n) is 24.9. The van der Waals surface area contributed by atoms with Gasteiger partial charge in [-0.3, -0.25) is 48.4 Å². The predicted molar refractivity (Wildman–Crippen MR) is 265 cm³/mol. The Labute approximate surface area is 423 Å². The number of carboxylic acid groups (broad SMARTS) is 6. The van der Waals surface area contributed by atoms with Crippen molar-refractivity contribution in [1.29, 1.82) is 0 Å². The number of aliphatic carboxylic acids is 6. The van der Waals surface area contributed by atoms with Crippen molar-refractivity contribution in [2.24, 2.45) is 11.8 Å². The summed E-state index contributed by atoms with van der Waals surface area (Å²) in [6.45, 7) is 4.72. The Balaban J connectivity index is 1.27. The summed E-state index contributed by atoms with van der Waals surface area (Å²) in [6, 6.07) is 8.68. The number of carbonyl (C=O) groups is 9. The number of nitrogens with zero attached hydrogens (tertiary/aromatic N) is 4. The summed E-state index contributed by atoms with van der Waals surface area (Å²) in [7, 11) is 0. The monoisotopic (exact) mass is 1030 g/mol. The third-order valence-electron chi connectivity index (χ3n) is 13.2. The van der Waals surface area contributed by atoms with Crippen LogP contribution >= 0.6 is 0 Å². The van der Waals surface area contributed by atoms with Crippen LogP contribution in [-0.4, -0.2) is 220 Å². The molecule has 4 amide bonds. The van der Waals surface area contributed by atoms with E-state index in [0.717, 1.165) is 29.2 Å². The van der Waals surface area contributed by atoms with Crippen LogP contribution in [-0.2, 0) is 44.8 Å². The van der Waals surface area contributed by atoms with Crippen LogP contribution in [0, 0.1) is 11.8 Å². The largest absolute Gasteiger partial charge is 0.481 e. The van der Waals surface area contributed by atoms with Crippen LogP contribution in [0.25, 0.3) is 10.8 Å². The highest BCUT2D eigenvalue weighted by Crippen LogP contribution is 2.29. The molecule has 1 saturated heterocycles. The predicted octanol–water partition coefficient (Wildman–Crippen LogP) is 0.0954. The number of carboxylic acids is 6. The fourth-order valence-corrected chi connectivity index (χ4v) is 9.07. The van der Waals surface area contributed by atoms with E-state index in [9.17, 15) is 68.7 Å². The average Bonchev–Trinajstić information content (AvgIpc) is 3.33. The second-order valence-electron chi connectivity index (χ2n) is 18.8. The average molecular weight is 1030 g/mol. The van der Waals surface area contributed by atoms with E-state index in [2.05, 4.69) is 31.5 Å². The molecule has 4 rings (SSSR count). The summed E-state index contributed by atoms with van der Waals surface area (Å²) in [4.78, 5) is 116. The molecule has 1 saturated carbocycles. The molecule has 0 aromatic heterocycles. The lowest BCUT2D eigenvalue weighted by Gasteiger charge is -2.33.